The zero-order chi connectivity index (χ0) is 20.6. The summed E-state index contributed by atoms with van der Waals surface area (Å²) in [6.45, 7) is 4.36. The minimum Gasteiger partial charge on any atom is -0.497 e. The van der Waals surface area contributed by atoms with E-state index < -0.39 is 0 Å². The lowest BCUT2D eigenvalue weighted by atomic mass is 10.1. The highest BCUT2D eigenvalue weighted by molar-refractivity contribution is 7.99. The first-order valence-corrected chi connectivity index (χ1v) is 10.2. The van der Waals surface area contributed by atoms with Crippen LogP contribution in [0.4, 0.5) is 5.69 Å². The summed E-state index contributed by atoms with van der Waals surface area (Å²) in [6, 6.07) is 11.2. The van der Waals surface area contributed by atoms with Crippen molar-refractivity contribution in [1.29, 1.82) is 0 Å². The van der Waals surface area contributed by atoms with Crippen LogP contribution in [0.2, 0.25) is 5.15 Å². The SMILES string of the molecule is C=CCn1c(Cc2ccc(OC)cc2)nnc1SCC(=O)Nc1cccnc1Cl. The second-order valence-corrected chi connectivity index (χ2v) is 7.30. The zero-order valence-electron chi connectivity index (χ0n) is 15.8. The van der Waals surface area contributed by atoms with E-state index in [0.29, 0.717) is 23.8 Å². The molecule has 2 heterocycles. The Hall–Kier alpha value is -2.84. The molecule has 0 saturated heterocycles. The molecule has 0 aliphatic carbocycles. The van der Waals surface area contributed by atoms with Gasteiger partial charge in [0.05, 0.1) is 18.6 Å². The number of hydrogen-bond acceptors (Lipinski definition) is 6. The van der Waals surface area contributed by atoms with E-state index >= 15 is 0 Å². The standard InChI is InChI=1S/C20H20ClN5O2S/c1-3-11-26-17(12-14-6-8-15(28-2)9-7-14)24-25-20(26)29-13-18(27)23-16-5-4-10-22-19(16)21/h3-10H,1,11-13H2,2H3,(H,23,27). The predicted molar refractivity (Wildman–Crippen MR) is 115 cm³/mol. The molecule has 0 bridgehead atoms. The van der Waals surface area contributed by atoms with Crippen molar-refractivity contribution in [3.63, 3.8) is 0 Å². The molecular formula is C20H20ClN5O2S. The van der Waals surface area contributed by atoms with Gasteiger partial charge in [-0.25, -0.2) is 4.98 Å². The first-order chi connectivity index (χ1) is 14.1. The molecule has 1 amide bonds. The van der Waals surface area contributed by atoms with E-state index in [1.807, 2.05) is 28.8 Å². The maximum Gasteiger partial charge on any atom is 0.234 e. The van der Waals surface area contributed by atoms with Crippen LogP contribution in [0.15, 0.2) is 60.4 Å². The van der Waals surface area contributed by atoms with E-state index in [1.54, 1.807) is 31.5 Å². The van der Waals surface area contributed by atoms with Crippen molar-refractivity contribution in [3.05, 3.63) is 71.8 Å². The largest absolute Gasteiger partial charge is 0.497 e. The number of carbonyl (C=O) groups is 1. The molecule has 0 aliphatic heterocycles. The Morgan fingerprint density at radius 2 is 2.10 bits per heavy atom. The number of halogens is 1. The molecule has 3 rings (SSSR count). The van der Waals surface area contributed by atoms with Gasteiger partial charge >= 0.3 is 0 Å². The molecule has 7 nitrogen and oxygen atoms in total. The van der Waals surface area contributed by atoms with Gasteiger partial charge in [-0.15, -0.1) is 16.8 Å². The smallest absolute Gasteiger partial charge is 0.234 e. The molecule has 0 aliphatic rings. The second-order valence-electron chi connectivity index (χ2n) is 6.00. The van der Waals surface area contributed by atoms with Crippen molar-refractivity contribution in [1.82, 2.24) is 19.7 Å². The van der Waals surface area contributed by atoms with Gasteiger partial charge in [-0.05, 0) is 29.8 Å². The van der Waals surface area contributed by atoms with E-state index in [0.717, 1.165) is 17.1 Å². The van der Waals surface area contributed by atoms with Crippen LogP contribution in [0.3, 0.4) is 0 Å². The second kappa shape index (κ2) is 10.1. The monoisotopic (exact) mass is 429 g/mol. The third-order valence-corrected chi connectivity index (χ3v) is 5.26. The first kappa shape index (κ1) is 20.9. The van der Waals surface area contributed by atoms with Gasteiger partial charge in [-0.1, -0.05) is 41.6 Å². The maximum absolute atomic E-state index is 12.3. The van der Waals surface area contributed by atoms with E-state index in [4.69, 9.17) is 16.3 Å². The fraction of sp³-hybridized carbons (Fsp3) is 0.200. The maximum atomic E-state index is 12.3. The number of methoxy groups -OCH3 is 1. The highest BCUT2D eigenvalue weighted by Gasteiger charge is 2.15. The van der Waals surface area contributed by atoms with Gasteiger partial charge < -0.3 is 14.6 Å². The quantitative estimate of drug-likeness (QED) is 0.316. The third kappa shape index (κ3) is 5.58. The average molecular weight is 430 g/mol. The van der Waals surface area contributed by atoms with Gasteiger partial charge in [0.1, 0.15) is 11.6 Å². The lowest BCUT2D eigenvalue weighted by molar-refractivity contribution is -0.113. The number of allylic oxidation sites excluding steroid dienone is 1. The molecule has 9 heteroatoms. The molecule has 0 saturated carbocycles. The van der Waals surface area contributed by atoms with Crippen LogP contribution in [0.25, 0.3) is 0 Å². The lowest BCUT2D eigenvalue weighted by Gasteiger charge is -2.09. The lowest BCUT2D eigenvalue weighted by Crippen LogP contribution is -2.15. The van der Waals surface area contributed by atoms with Crippen LogP contribution in [0, 0.1) is 0 Å². The van der Waals surface area contributed by atoms with Crippen LogP contribution >= 0.6 is 23.4 Å². The Labute approximate surface area is 178 Å². The molecule has 0 fully saturated rings. The normalized spacial score (nSPS) is 10.6. The molecule has 0 unspecified atom stereocenters. The van der Waals surface area contributed by atoms with Crippen molar-refractivity contribution in [3.8, 4) is 5.75 Å². The molecule has 0 spiro atoms. The average Bonchev–Trinajstić information content (AvgIpc) is 3.10. The predicted octanol–water partition coefficient (Wildman–Crippen LogP) is 3.84. The van der Waals surface area contributed by atoms with Gasteiger partial charge in [-0.3, -0.25) is 4.79 Å². The van der Waals surface area contributed by atoms with Crippen molar-refractivity contribution in [2.45, 2.75) is 18.1 Å². The highest BCUT2D eigenvalue weighted by Crippen LogP contribution is 2.22. The molecule has 150 valence electrons. The number of ether oxygens (including phenoxy) is 1. The van der Waals surface area contributed by atoms with Crippen molar-refractivity contribution < 1.29 is 9.53 Å². The molecule has 0 radical (unpaired) electrons. The summed E-state index contributed by atoms with van der Waals surface area (Å²) >= 11 is 7.28. The zero-order valence-corrected chi connectivity index (χ0v) is 17.4. The van der Waals surface area contributed by atoms with Crippen LogP contribution in [-0.4, -0.2) is 38.5 Å². The minimum absolute atomic E-state index is 0.170. The van der Waals surface area contributed by atoms with Crippen LogP contribution < -0.4 is 10.1 Å². The van der Waals surface area contributed by atoms with Crippen molar-refractivity contribution in [2.75, 3.05) is 18.2 Å². The molecule has 2 aromatic heterocycles. The Kier molecular flexibility index (Phi) is 7.26. The summed E-state index contributed by atoms with van der Waals surface area (Å²) in [7, 11) is 1.64. The van der Waals surface area contributed by atoms with E-state index in [1.165, 1.54) is 11.8 Å². The summed E-state index contributed by atoms with van der Waals surface area (Å²) in [5, 5.41) is 12.2. The molecule has 1 N–H and O–H groups in total. The number of thioether (sulfide) groups is 1. The summed E-state index contributed by atoms with van der Waals surface area (Å²) in [5.41, 5.74) is 1.57. The Morgan fingerprint density at radius 1 is 1.31 bits per heavy atom. The summed E-state index contributed by atoms with van der Waals surface area (Å²) in [5.74, 6) is 1.57. The molecule has 29 heavy (non-hydrogen) atoms. The summed E-state index contributed by atoms with van der Waals surface area (Å²) in [4.78, 5) is 16.2. The molecule has 3 aromatic rings. The van der Waals surface area contributed by atoms with Crippen LogP contribution in [0.1, 0.15) is 11.4 Å². The number of carbonyl (C=O) groups excluding carboxylic acids is 1. The fourth-order valence-corrected chi connectivity index (χ4v) is 3.52. The summed E-state index contributed by atoms with van der Waals surface area (Å²) < 4.78 is 7.14. The number of aromatic nitrogens is 4. The Morgan fingerprint density at radius 3 is 2.79 bits per heavy atom. The third-order valence-electron chi connectivity index (χ3n) is 3.99. The van der Waals surface area contributed by atoms with Gasteiger partial charge in [-0.2, -0.15) is 0 Å². The number of amides is 1. The number of benzene rings is 1. The Bertz CT molecular complexity index is 991. The topological polar surface area (TPSA) is 81.9 Å². The van der Waals surface area contributed by atoms with Gasteiger partial charge in [0.15, 0.2) is 10.3 Å². The number of pyridine rings is 1. The highest BCUT2D eigenvalue weighted by atomic mass is 35.5. The number of hydrogen-bond donors (Lipinski definition) is 1. The van der Waals surface area contributed by atoms with Gasteiger partial charge in [0, 0.05) is 19.2 Å². The molecule has 0 atom stereocenters. The summed E-state index contributed by atoms with van der Waals surface area (Å²) in [6.07, 6.45) is 3.96. The fourth-order valence-electron chi connectivity index (χ4n) is 2.59. The van der Waals surface area contributed by atoms with E-state index in [9.17, 15) is 4.79 Å². The number of nitrogens with zero attached hydrogens (tertiary/aromatic N) is 4. The van der Waals surface area contributed by atoms with E-state index in [-0.39, 0.29) is 16.8 Å². The van der Waals surface area contributed by atoms with Gasteiger partial charge in [0.25, 0.3) is 0 Å². The van der Waals surface area contributed by atoms with Crippen LogP contribution in [-0.2, 0) is 17.8 Å². The number of nitrogens with one attached hydrogen (secondary N) is 1. The minimum atomic E-state index is -0.199. The van der Waals surface area contributed by atoms with Crippen LogP contribution in [0.5, 0.6) is 5.75 Å². The molecular weight excluding hydrogens is 410 g/mol. The molecule has 1 aromatic carbocycles. The first-order valence-electron chi connectivity index (χ1n) is 8.79. The van der Waals surface area contributed by atoms with Gasteiger partial charge in [0.2, 0.25) is 5.91 Å². The number of rotatable bonds is 9. The van der Waals surface area contributed by atoms with Crippen molar-refractivity contribution >= 4 is 35.0 Å². The van der Waals surface area contributed by atoms with E-state index in [2.05, 4.69) is 27.1 Å². The van der Waals surface area contributed by atoms with Crippen molar-refractivity contribution in [2.24, 2.45) is 0 Å². The number of anilines is 1. The Balaban J connectivity index is 1.66.